The number of hydrogen-bond acceptors (Lipinski definition) is 3. The fourth-order valence-electron chi connectivity index (χ4n) is 2.10. The van der Waals surface area contributed by atoms with Crippen LogP contribution in [-0.2, 0) is 12.8 Å². The molecule has 0 bridgehead atoms. The average Bonchev–Trinajstić information content (AvgIpc) is 2.66. The fraction of sp³-hybridized carbons (Fsp3) is 0.500. The molecule has 0 saturated carbocycles. The Labute approximate surface area is 89.9 Å². The molecule has 0 atom stereocenters. The molecule has 1 heterocycles. The topological polar surface area (TPSA) is 55.5 Å². The Hall–Kier alpha value is -1.22. The molecule has 1 aromatic carbocycles. The molecule has 15 heavy (non-hydrogen) atoms. The summed E-state index contributed by atoms with van der Waals surface area (Å²) in [6, 6.07) is 1.92. The van der Waals surface area contributed by atoms with Crippen LogP contribution in [-0.4, -0.2) is 18.3 Å². The van der Waals surface area contributed by atoms with Crippen LogP contribution >= 0.6 is 0 Å². The fourth-order valence-corrected chi connectivity index (χ4v) is 2.10. The van der Waals surface area contributed by atoms with Crippen molar-refractivity contribution < 1.29 is 9.84 Å². The third-order valence-corrected chi connectivity index (χ3v) is 2.91. The largest absolute Gasteiger partial charge is 0.507 e. The minimum absolute atomic E-state index is 0.424. The number of aryl methyl sites for hydroxylation is 1. The smallest absolute Gasteiger partial charge is 0.123 e. The Morgan fingerprint density at radius 1 is 1.53 bits per heavy atom. The molecule has 82 valence electrons. The van der Waals surface area contributed by atoms with Crippen molar-refractivity contribution >= 4 is 0 Å². The molecule has 0 amide bonds. The highest BCUT2D eigenvalue weighted by Gasteiger charge is 2.20. The first-order chi connectivity index (χ1) is 7.24. The second kappa shape index (κ2) is 4.11. The third-order valence-electron chi connectivity index (χ3n) is 2.91. The molecule has 1 aliphatic heterocycles. The maximum Gasteiger partial charge on any atom is 0.123 e. The predicted molar refractivity (Wildman–Crippen MR) is 59.4 cm³/mol. The number of phenols is 1. The van der Waals surface area contributed by atoms with E-state index in [9.17, 15) is 5.11 Å². The second-order valence-corrected chi connectivity index (χ2v) is 3.99. The van der Waals surface area contributed by atoms with Crippen LogP contribution in [0.15, 0.2) is 6.07 Å². The number of aromatic hydroxyl groups is 1. The van der Waals surface area contributed by atoms with Gasteiger partial charge in [-0.3, -0.25) is 0 Å². The van der Waals surface area contributed by atoms with Gasteiger partial charge in [-0.15, -0.1) is 0 Å². The third kappa shape index (κ3) is 1.79. The Morgan fingerprint density at radius 2 is 2.33 bits per heavy atom. The molecule has 3 N–H and O–H groups in total. The van der Waals surface area contributed by atoms with Crippen molar-refractivity contribution in [2.75, 3.05) is 13.2 Å². The van der Waals surface area contributed by atoms with Crippen molar-refractivity contribution in [2.24, 2.45) is 5.73 Å². The highest BCUT2D eigenvalue weighted by molar-refractivity contribution is 5.54. The first-order valence-corrected chi connectivity index (χ1v) is 5.41. The first kappa shape index (κ1) is 10.3. The SMILES string of the molecule is Cc1cc2c(c(CCCN)c1O)CCO2. The summed E-state index contributed by atoms with van der Waals surface area (Å²) in [7, 11) is 0. The number of benzene rings is 1. The van der Waals surface area contributed by atoms with Gasteiger partial charge in [0.25, 0.3) is 0 Å². The lowest BCUT2D eigenvalue weighted by atomic mass is 9.97. The van der Waals surface area contributed by atoms with Crippen LogP contribution in [0.3, 0.4) is 0 Å². The van der Waals surface area contributed by atoms with E-state index in [-0.39, 0.29) is 0 Å². The monoisotopic (exact) mass is 207 g/mol. The molecule has 0 unspecified atom stereocenters. The van der Waals surface area contributed by atoms with Crippen LogP contribution in [0.2, 0.25) is 0 Å². The van der Waals surface area contributed by atoms with E-state index >= 15 is 0 Å². The van der Waals surface area contributed by atoms with E-state index in [4.69, 9.17) is 10.5 Å². The lowest BCUT2D eigenvalue weighted by molar-refractivity contribution is 0.356. The van der Waals surface area contributed by atoms with Gasteiger partial charge in [0, 0.05) is 17.5 Å². The molecule has 1 aliphatic rings. The molecule has 2 rings (SSSR count). The molecule has 3 heteroatoms. The summed E-state index contributed by atoms with van der Waals surface area (Å²) in [6.07, 6.45) is 2.65. The number of phenolic OH excluding ortho intramolecular Hbond substituents is 1. The average molecular weight is 207 g/mol. The summed E-state index contributed by atoms with van der Waals surface area (Å²) >= 11 is 0. The number of hydrogen-bond donors (Lipinski definition) is 2. The summed E-state index contributed by atoms with van der Waals surface area (Å²) in [6.45, 7) is 3.29. The van der Waals surface area contributed by atoms with Gasteiger partial charge >= 0.3 is 0 Å². The van der Waals surface area contributed by atoms with E-state index in [1.807, 2.05) is 13.0 Å². The molecule has 0 spiro atoms. The first-order valence-electron chi connectivity index (χ1n) is 5.41. The van der Waals surface area contributed by atoms with Crippen LogP contribution in [0, 0.1) is 6.92 Å². The van der Waals surface area contributed by atoms with Gasteiger partial charge in [0.15, 0.2) is 0 Å². The van der Waals surface area contributed by atoms with E-state index in [0.29, 0.717) is 12.3 Å². The summed E-state index contributed by atoms with van der Waals surface area (Å²) in [4.78, 5) is 0. The Bertz CT molecular complexity index is 374. The number of ether oxygens (including phenoxy) is 1. The Balaban J connectivity index is 2.41. The maximum absolute atomic E-state index is 9.99. The zero-order valence-electron chi connectivity index (χ0n) is 9.05. The van der Waals surface area contributed by atoms with Crippen molar-refractivity contribution in [1.82, 2.24) is 0 Å². The molecule has 3 nitrogen and oxygen atoms in total. The van der Waals surface area contributed by atoms with E-state index in [0.717, 1.165) is 42.7 Å². The molecule has 0 fully saturated rings. The minimum atomic E-state index is 0.424. The minimum Gasteiger partial charge on any atom is -0.507 e. The lowest BCUT2D eigenvalue weighted by Crippen LogP contribution is -2.02. The zero-order valence-corrected chi connectivity index (χ0v) is 9.05. The van der Waals surface area contributed by atoms with Gasteiger partial charge in [0.1, 0.15) is 11.5 Å². The molecular formula is C12H17NO2. The molecule has 0 radical (unpaired) electrons. The second-order valence-electron chi connectivity index (χ2n) is 3.99. The van der Waals surface area contributed by atoms with E-state index < -0.39 is 0 Å². The molecule has 1 aromatic rings. The number of rotatable bonds is 3. The molecule has 0 aromatic heterocycles. The maximum atomic E-state index is 9.99. The summed E-state index contributed by atoms with van der Waals surface area (Å²) in [5, 5.41) is 9.99. The van der Waals surface area contributed by atoms with Gasteiger partial charge in [0.2, 0.25) is 0 Å². The van der Waals surface area contributed by atoms with E-state index in [1.165, 1.54) is 5.56 Å². The van der Waals surface area contributed by atoms with Gasteiger partial charge in [-0.1, -0.05) is 0 Å². The van der Waals surface area contributed by atoms with Crippen LogP contribution < -0.4 is 10.5 Å². The number of nitrogens with two attached hydrogens (primary N) is 1. The van der Waals surface area contributed by atoms with Crippen LogP contribution in [0.1, 0.15) is 23.1 Å². The van der Waals surface area contributed by atoms with Crippen molar-refractivity contribution in [3.05, 3.63) is 22.8 Å². The standard InChI is InChI=1S/C12H17NO2/c1-8-7-11-9(4-6-15-11)10(12(8)14)3-2-5-13/h7,14H,2-6,13H2,1H3. The highest BCUT2D eigenvalue weighted by Crippen LogP contribution is 2.37. The Morgan fingerprint density at radius 3 is 3.07 bits per heavy atom. The van der Waals surface area contributed by atoms with Gasteiger partial charge in [-0.2, -0.15) is 0 Å². The van der Waals surface area contributed by atoms with Crippen molar-refractivity contribution in [3.63, 3.8) is 0 Å². The predicted octanol–water partition coefficient (Wildman–Crippen LogP) is 1.53. The summed E-state index contributed by atoms with van der Waals surface area (Å²) < 4.78 is 5.51. The molecular weight excluding hydrogens is 190 g/mol. The zero-order chi connectivity index (χ0) is 10.8. The highest BCUT2D eigenvalue weighted by atomic mass is 16.5. The molecule has 0 saturated heterocycles. The number of fused-ring (bicyclic) bond motifs is 1. The van der Waals surface area contributed by atoms with E-state index in [2.05, 4.69) is 0 Å². The van der Waals surface area contributed by atoms with Gasteiger partial charge in [0.05, 0.1) is 6.61 Å². The molecule has 0 aliphatic carbocycles. The van der Waals surface area contributed by atoms with Crippen LogP contribution in [0.25, 0.3) is 0 Å². The van der Waals surface area contributed by atoms with Gasteiger partial charge in [-0.25, -0.2) is 0 Å². The van der Waals surface area contributed by atoms with Crippen LogP contribution in [0.4, 0.5) is 0 Å². The van der Waals surface area contributed by atoms with Crippen molar-refractivity contribution in [3.8, 4) is 11.5 Å². The lowest BCUT2D eigenvalue weighted by Gasteiger charge is -2.11. The van der Waals surface area contributed by atoms with Gasteiger partial charge < -0.3 is 15.6 Å². The Kier molecular flexibility index (Phi) is 2.82. The quantitative estimate of drug-likeness (QED) is 0.790. The van der Waals surface area contributed by atoms with Crippen molar-refractivity contribution in [2.45, 2.75) is 26.2 Å². The van der Waals surface area contributed by atoms with Crippen molar-refractivity contribution in [1.29, 1.82) is 0 Å². The van der Waals surface area contributed by atoms with Crippen LogP contribution in [0.5, 0.6) is 11.5 Å². The van der Waals surface area contributed by atoms with Gasteiger partial charge in [-0.05, 0) is 37.9 Å². The van der Waals surface area contributed by atoms with E-state index in [1.54, 1.807) is 0 Å². The normalized spacial score (nSPS) is 13.7. The summed E-state index contributed by atoms with van der Waals surface area (Å²) in [5.74, 6) is 1.37. The summed E-state index contributed by atoms with van der Waals surface area (Å²) in [5.41, 5.74) is 8.60.